The molecule has 2 N–H and O–H groups in total. The highest BCUT2D eigenvalue weighted by atomic mass is 32.2. The summed E-state index contributed by atoms with van der Waals surface area (Å²) in [4.78, 5) is 20.6. The van der Waals surface area contributed by atoms with E-state index in [-0.39, 0.29) is 11.2 Å². The van der Waals surface area contributed by atoms with Crippen molar-refractivity contribution in [3.05, 3.63) is 48.0 Å². The van der Waals surface area contributed by atoms with Gasteiger partial charge in [0.25, 0.3) is 0 Å². The van der Waals surface area contributed by atoms with Crippen molar-refractivity contribution >= 4 is 17.7 Å². The van der Waals surface area contributed by atoms with Crippen molar-refractivity contribution in [1.82, 2.24) is 15.3 Å². The van der Waals surface area contributed by atoms with Gasteiger partial charge in [0, 0.05) is 30.3 Å². The molecule has 1 aliphatic heterocycles. The van der Waals surface area contributed by atoms with E-state index in [9.17, 15) is 4.79 Å². The number of hydrogen-bond donors (Lipinski definition) is 2. The fourth-order valence-electron chi connectivity index (χ4n) is 2.34. The Kier molecular flexibility index (Phi) is 4.06. The summed E-state index contributed by atoms with van der Waals surface area (Å²) in [5.41, 5.74) is 1.29. The van der Waals surface area contributed by atoms with Crippen molar-refractivity contribution in [2.75, 3.05) is 6.54 Å². The predicted octanol–water partition coefficient (Wildman–Crippen LogP) is 2.18. The van der Waals surface area contributed by atoms with Crippen LogP contribution in [0.2, 0.25) is 0 Å². The van der Waals surface area contributed by atoms with E-state index in [0.29, 0.717) is 6.54 Å². The molecule has 0 aliphatic carbocycles. The normalized spacial score (nSPS) is 16.9. The summed E-state index contributed by atoms with van der Waals surface area (Å²) < 4.78 is 0. The van der Waals surface area contributed by atoms with E-state index in [1.807, 2.05) is 18.3 Å². The van der Waals surface area contributed by atoms with Gasteiger partial charge in [0.05, 0.1) is 5.25 Å². The zero-order valence-electron chi connectivity index (χ0n) is 11.1. The number of nitrogens with one attached hydrogen (secondary N) is 2. The molecule has 104 valence electrons. The Hall–Kier alpha value is -1.75. The number of aromatic nitrogens is 2. The van der Waals surface area contributed by atoms with Crippen LogP contribution < -0.4 is 5.32 Å². The first-order chi connectivity index (χ1) is 9.83. The summed E-state index contributed by atoms with van der Waals surface area (Å²) in [5.74, 6) is 1.12. The molecule has 1 unspecified atom stereocenters. The van der Waals surface area contributed by atoms with E-state index >= 15 is 0 Å². The van der Waals surface area contributed by atoms with Gasteiger partial charge in [-0.3, -0.25) is 4.79 Å². The molecule has 2 aromatic rings. The first-order valence-corrected chi connectivity index (χ1v) is 7.71. The number of rotatable bonds is 5. The van der Waals surface area contributed by atoms with Gasteiger partial charge < -0.3 is 10.3 Å². The highest BCUT2D eigenvalue weighted by Gasteiger charge is 2.27. The summed E-state index contributed by atoms with van der Waals surface area (Å²) in [7, 11) is 0. The van der Waals surface area contributed by atoms with Crippen LogP contribution in [0.3, 0.4) is 0 Å². The Balaban J connectivity index is 1.42. The maximum atomic E-state index is 12.1. The smallest absolute Gasteiger partial charge is 0.233 e. The molecule has 0 saturated carbocycles. The molecule has 0 saturated heterocycles. The summed E-state index contributed by atoms with van der Waals surface area (Å²) in [6.45, 7) is 0.701. The number of hydrogen-bond acceptors (Lipinski definition) is 3. The van der Waals surface area contributed by atoms with Gasteiger partial charge in [-0.2, -0.15) is 0 Å². The first kappa shape index (κ1) is 13.2. The highest BCUT2D eigenvalue weighted by molar-refractivity contribution is 8.01. The standard InChI is InChI=1S/C15H17N3OS/c19-15(18-7-3-6-14-16-8-9-17-14)13-10-11-4-1-2-5-12(11)20-13/h1-2,4-5,8-9,13H,3,6-7,10H2,(H,16,17)(H,18,19). The molecule has 0 bridgehead atoms. The Morgan fingerprint density at radius 2 is 2.35 bits per heavy atom. The Bertz CT molecular complexity index is 558. The Labute approximate surface area is 122 Å². The van der Waals surface area contributed by atoms with Crippen LogP contribution in [0, 0.1) is 0 Å². The van der Waals surface area contributed by atoms with Gasteiger partial charge in [0.1, 0.15) is 5.82 Å². The van der Waals surface area contributed by atoms with Crippen molar-refractivity contribution in [3.63, 3.8) is 0 Å². The average molecular weight is 287 g/mol. The second-order valence-corrected chi connectivity index (χ2v) is 6.09. The van der Waals surface area contributed by atoms with Crippen LogP contribution in [0.1, 0.15) is 17.8 Å². The minimum absolute atomic E-state index is 0.0241. The number of H-pyrrole nitrogens is 1. The van der Waals surface area contributed by atoms with Gasteiger partial charge in [-0.15, -0.1) is 11.8 Å². The lowest BCUT2D eigenvalue weighted by Gasteiger charge is -2.09. The third-order valence-electron chi connectivity index (χ3n) is 3.38. The molecule has 20 heavy (non-hydrogen) atoms. The maximum absolute atomic E-state index is 12.1. The van der Waals surface area contributed by atoms with E-state index in [4.69, 9.17) is 0 Å². The second-order valence-electron chi connectivity index (χ2n) is 4.85. The van der Waals surface area contributed by atoms with E-state index in [0.717, 1.165) is 25.1 Å². The molecular weight excluding hydrogens is 270 g/mol. The van der Waals surface area contributed by atoms with Gasteiger partial charge >= 0.3 is 0 Å². The molecule has 1 aromatic heterocycles. The summed E-state index contributed by atoms with van der Waals surface area (Å²) in [5, 5.41) is 3.04. The second kappa shape index (κ2) is 6.13. The fourth-order valence-corrected chi connectivity index (χ4v) is 3.56. The van der Waals surface area contributed by atoms with E-state index in [1.54, 1.807) is 18.0 Å². The molecule has 3 rings (SSSR count). The highest BCUT2D eigenvalue weighted by Crippen LogP contribution is 2.36. The number of imidazole rings is 1. The van der Waals surface area contributed by atoms with Crippen LogP contribution in [-0.4, -0.2) is 27.7 Å². The molecule has 1 aromatic carbocycles. The van der Waals surface area contributed by atoms with Crippen molar-refractivity contribution in [1.29, 1.82) is 0 Å². The predicted molar refractivity (Wildman–Crippen MR) is 79.7 cm³/mol. The van der Waals surface area contributed by atoms with Crippen LogP contribution >= 0.6 is 11.8 Å². The summed E-state index contributed by atoms with van der Waals surface area (Å²) >= 11 is 1.67. The average Bonchev–Trinajstić information content (AvgIpc) is 3.12. The molecule has 1 atom stereocenters. The van der Waals surface area contributed by atoms with Crippen molar-refractivity contribution in [3.8, 4) is 0 Å². The minimum atomic E-state index is 0.0241. The van der Waals surface area contributed by atoms with Gasteiger partial charge in [-0.1, -0.05) is 18.2 Å². The Morgan fingerprint density at radius 1 is 1.45 bits per heavy atom. The first-order valence-electron chi connectivity index (χ1n) is 6.83. The number of aryl methyl sites for hydroxylation is 1. The monoisotopic (exact) mass is 287 g/mol. The molecule has 5 heteroatoms. The maximum Gasteiger partial charge on any atom is 0.233 e. The topological polar surface area (TPSA) is 57.8 Å². The zero-order valence-corrected chi connectivity index (χ0v) is 12.0. The number of amides is 1. The lowest BCUT2D eigenvalue weighted by atomic mass is 10.1. The lowest BCUT2D eigenvalue weighted by molar-refractivity contribution is -0.120. The minimum Gasteiger partial charge on any atom is -0.355 e. The Morgan fingerprint density at radius 3 is 3.15 bits per heavy atom. The SMILES string of the molecule is O=C(NCCCc1ncc[nH]1)C1Cc2ccccc2S1. The van der Waals surface area contributed by atoms with Crippen LogP contribution in [0.4, 0.5) is 0 Å². The lowest BCUT2D eigenvalue weighted by Crippen LogP contribution is -2.33. The quantitative estimate of drug-likeness (QED) is 0.829. The van der Waals surface area contributed by atoms with Crippen molar-refractivity contribution in [2.24, 2.45) is 0 Å². The van der Waals surface area contributed by atoms with Crippen molar-refractivity contribution in [2.45, 2.75) is 29.4 Å². The van der Waals surface area contributed by atoms with E-state index < -0.39 is 0 Å². The number of nitrogens with zero attached hydrogens (tertiary/aromatic N) is 1. The van der Waals surface area contributed by atoms with Crippen LogP contribution in [0.25, 0.3) is 0 Å². The molecular formula is C15H17N3OS. The third kappa shape index (κ3) is 3.04. The molecule has 0 radical (unpaired) electrons. The number of carbonyl (C=O) groups is 1. The van der Waals surface area contributed by atoms with Crippen LogP contribution in [-0.2, 0) is 17.6 Å². The zero-order chi connectivity index (χ0) is 13.8. The van der Waals surface area contributed by atoms with E-state index in [2.05, 4.69) is 27.4 Å². The molecule has 4 nitrogen and oxygen atoms in total. The third-order valence-corrected chi connectivity index (χ3v) is 4.70. The summed E-state index contributed by atoms with van der Waals surface area (Å²) in [6.07, 6.45) is 6.18. The van der Waals surface area contributed by atoms with Gasteiger partial charge in [0.15, 0.2) is 0 Å². The van der Waals surface area contributed by atoms with Gasteiger partial charge in [-0.05, 0) is 24.5 Å². The largest absolute Gasteiger partial charge is 0.355 e. The summed E-state index contributed by atoms with van der Waals surface area (Å²) in [6, 6.07) is 8.25. The molecule has 1 amide bonds. The number of aromatic amines is 1. The number of fused-ring (bicyclic) bond motifs is 1. The molecule has 0 fully saturated rings. The van der Waals surface area contributed by atoms with Crippen LogP contribution in [0.5, 0.6) is 0 Å². The number of carbonyl (C=O) groups excluding carboxylic acids is 1. The molecule has 0 spiro atoms. The van der Waals surface area contributed by atoms with Crippen molar-refractivity contribution < 1.29 is 4.79 Å². The van der Waals surface area contributed by atoms with E-state index in [1.165, 1.54) is 10.5 Å². The molecule has 2 heterocycles. The van der Waals surface area contributed by atoms with Crippen LogP contribution in [0.15, 0.2) is 41.6 Å². The number of thioether (sulfide) groups is 1. The molecule has 1 aliphatic rings. The number of benzene rings is 1. The fraction of sp³-hybridized carbons (Fsp3) is 0.333. The van der Waals surface area contributed by atoms with Gasteiger partial charge in [-0.25, -0.2) is 4.98 Å². The van der Waals surface area contributed by atoms with Gasteiger partial charge in [0.2, 0.25) is 5.91 Å².